The van der Waals surface area contributed by atoms with Crippen LogP contribution in [0.2, 0.25) is 0 Å². The van der Waals surface area contributed by atoms with Crippen molar-refractivity contribution in [2.75, 3.05) is 10.0 Å². The summed E-state index contributed by atoms with van der Waals surface area (Å²) in [5, 5.41) is 12.3. The van der Waals surface area contributed by atoms with Gasteiger partial charge in [0, 0.05) is 11.4 Å². The molecule has 4 atom stereocenters. The fourth-order valence-corrected chi connectivity index (χ4v) is 5.35. The number of carboxylic acids is 1. The first-order chi connectivity index (χ1) is 14.2. The normalized spacial score (nSPS) is 24.6. The number of amides is 1. The minimum atomic E-state index is -3.71. The first-order valence-corrected chi connectivity index (χ1v) is 11.1. The maximum Gasteiger partial charge on any atom is 0.307 e. The van der Waals surface area contributed by atoms with Gasteiger partial charge in [0.05, 0.1) is 16.7 Å². The van der Waals surface area contributed by atoms with Crippen LogP contribution >= 0.6 is 0 Å². The molecule has 0 saturated heterocycles. The van der Waals surface area contributed by atoms with E-state index in [1.165, 1.54) is 12.1 Å². The Morgan fingerprint density at radius 1 is 0.900 bits per heavy atom. The molecule has 1 fully saturated rings. The Bertz CT molecular complexity index is 1110. The van der Waals surface area contributed by atoms with Gasteiger partial charge in [0.15, 0.2) is 0 Å². The molecule has 7 nitrogen and oxygen atoms in total. The third-order valence-corrected chi connectivity index (χ3v) is 7.18. The molecular formula is C22H22N2O5S. The highest BCUT2D eigenvalue weighted by atomic mass is 32.2. The number of anilines is 2. The smallest absolute Gasteiger partial charge is 0.307 e. The SMILES string of the molecule is Cc1ccc(S(=O)(=O)Nc2ccc(NC(=O)[C@H]3[C@H](C(=O)O)[C@H]4C=C[C@H]3C4)cc2)cc1. The molecule has 1 saturated carbocycles. The molecule has 1 amide bonds. The fraction of sp³-hybridized carbons (Fsp3) is 0.273. The average Bonchev–Trinajstić information content (AvgIpc) is 3.31. The van der Waals surface area contributed by atoms with Crippen molar-refractivity contribution in [2.45, 2.75) is 18.2 Å². The Balaban J connectivity index is 1.44. The van der Waals surface area contributed by atoms with Gasteiger partial charge in [-0.2, -0.15) is 0 Å². The number of allylic oxidation sites excluding steroid dienone is 2. The third kappa shape index (κ3) is 3.82. The van der Waals surface area contributed by atoms with Gasteiger partial charge in [0.1, 0.15) is 0 Å². The number of sulfonamides is 1. The summed E-state index contributed by atoms with van der Waals surface area (Å²) in [4.78, 5) is 24.5. The zero-order chi connectivity index (χ0) is 21.5. The Labute approximate surface area is 174 Å². The van der Waals surface area contributed by atoms with Crippen LogP contribution in [-0.2, 0) is 19.6 Å². The maximum absolute atomic E-state index is 12.7. The van der Waals surface area contributed by atoms with Gasteiger partial charge >= 0.3 is 5.97 Å². The van der Waals surface area contributed by atoms with Crippen LogP contribution in [0, 0.1) is 30.6 Å². The van der Waals surface area contributed by atoms with Crippen LogP contribution in [0.15, 0.2) is 65.6 Å². The molecule has 2 aromatic rings. The monoisotopic (exact) mass is 426 g/mol. The number of carboxylic acid groups (broad SMARTS) is 1. The summed E-state index contributed by atoms with van der Waals surface area (Å²) in [7, 11) is -3.71. The van der Waals surface area contributed by atoms with Crippen LogP contribution in [0.1, 0.15) is 12.0 Å². The van der Waals surface area contributed by atoms with E-state index in [1.807, 2.05) is 19.1 Å². The first kappa shape index (κ1) is 20.2. The Morgan fingerprint density at radius 3 is 2.07 bits per heavy atom. The van der Waals surface area contributed by atoms with Crippen molar-refractivity contribution in [1.82, 2.24) is 0 Å². The maximum atomic E-state index is 12.7. The third-order valence-electron chi connectivity index (χ3n) is 5.78. The molecule has 0 spiro atoms. The highest BCUT2D eigenvalue weighted by molar-refractivity contribution is 7.92. The van der Waals surface area contributed by atoms with Gasteiger partial charge in [-0.15, -0.1) is 0 Å². The van der Waals surface area contributed by atoms with Crippen LogP contribution in [0.25, 0.3) is 0 Å². The molecule has 0 heterocycles. The molecule has 0 unspecified atom stereocenters. The standard InChI is InChI=1S/C22H22N2O5S/c1-13-2-10-18(11-3-13)30(28,29)24-17-8-6-16(7-9-17)23-21(25)19-14-4-5-15(12-14)20(19)22(26)27/h2-11,14-15,19-20,24H,12H2,1H3,(H,23,25)(H,26,27)/t14-,15-,19+,20+/m0/s1. The van der Waals surface area contributed by atoms with Crippen molar-refractivity contribution < 1.29 is 23.1 Å². The number of carbonyl (C=O) groups is 2. The minimum absolute atomic E-state index is 0.0586. The van der Waals surface area contributed by atoms with Crippen molar-refractivity contribution >= 4 is 33.3 Å². The largest absolute Gasteiger partial charge is 0.481 e. The number of hydrogen-bond donors (Lipinski definition) is 3. The molecule has 4 rings (SSSR count). The summed E-state index contributed by atoms with van der Waals surface area (Å²) in [6, 6.07) is 12.8. The molecule has 156 valence electrons. The van der Waals surface area contributed by atoms with E-state index in [0.717, 1.165) is 5.56 Å². The van der Waals surface area contributed by atoms with Gasteiger partial charge in [-0.3, -0.25) is 14.3 Å². The van der Waals surface area contributed by atoms with Crippen molar-refractivity contribution in [3.8, 4) is 0 Å². The topological polar surface area (TPSA) is 113 Å². The summed E-state index contributed by atoms with van der Waals surface area (Å²) >= 11 is 0. The van der Waals surface area contributed by atoms with E-state index in [9.17, 15) is 23.1 Å². The van der Waals surface area contributed by atoms with E-state index in [1.54, 1.807) is 36.4 Å². The number of hydrogen-bond acceptors (Lipinski definition) is 4. The van der Waals surface area contributed by atoms with Crippen LogP contribution in [0.3, 0.4) is 0 Å². The molecule has 2 bridgehead atoms. The summed E-state index contributed by atoms with van der Waals surface area (Å²) in [6.07, 6.45) is 4.51. The van der Waals surface area contributed by atoms with Gasteiger partial charge in [-0.05, 0) is 61.6 Å². The summed E-state index contributed by atoms with van der Waals surface area (Å²) in [5.74, 6) is -2.74. The van der Waals surface area contributed by atoms with Crippen LogP contribution in [0.5, 0.6) is 0 Å². The number of rotatable bonds is 6. The lowest BCUT2D eigenvalue weighted by Gasteiger charge is -2.23. The number of aliphatic carboxylic acids is 1. The molecule has 2 aliphatic rings. The number of fused-ring (bicyclic) bond motifs is 2. The van der Waals surface area contributed by atoms with Gasteiger partial charge in [-0.25, -0.2) is 8.42 Å². The van der Waals surface area contributed by atoms with Gasteiger partial charge < -0.3 is 10.4 Å². The highest BCUT2D eigenvalue weighted by Crippen LogP contribution is 2.48. The second-order valence-electron chi connectivity index (χ2n) is 7.82. The quantitative estimate of drug-likeness (QED) is 0.614. The first-order valence-electron chi connectivity index (χ1n) is 9.66. The molecule has 0 aliphatic heterocycles. The lowest BCUT2D eigenvalue weighted by Crippen LogP contribution is -2.36. The second kappa shape index (κ2) is 7.60. The molecule has 8 heteroatoms. The van der Waals surface area contributed by atoms with Crippen molar-refractivity contribution in [1.29, 1.82) is 0 Å². The highest BCUT2D eigenvalue weighted by Gasteiger charge is 2.51. The predicted octanol–water partition coefficient (Wildman–Crippen LogP) is 3.26. The van der Waals surface area contributed by atoms with E-state index in [2.05, 4.69) is 10.0 Å². The molecule has 30 heavy (non-hydrogen) atoms. The van der Waals surface area contributed by atoms with Gasteiger partial charge in [-0.1, -0.05) is 29.8 Å². The Kier molecular flexibility index (Phi) is 5.11. The van der Waals surface area contributed by atoms with E-state index < -0.39 is 27.8 Å². The van der Waals surface area contributed by atoms with Gasteiger partial charge in [0.25, 0.3) is 10.0 Å². The molecule has 2 aliphatic carbocycles. The van der Waals surface area contributed by atoms with E-state index in [0.29, 0.717) is 17.8 Å². The van der Waals surface area contributed by atoms with Crippen molar-refractivity contribution in [3.63, 3.8) is 0 Å². The summed E-state index contributed by atoms with van der Waals surface area (Å²) in [5.41, 5.74) is 1.80. The predicted molar refractivity (Wildman–Crippen MR) is 112 cm³/mol. The van der Waals surface area contributed by atoms with E-state index >= 15 is 0 Å². The number of carbonyl (C=O) groups excluding carboxylic acids is 1. The molecule has 0 radical (unpaired) electrons. The summed E-state index contributed by atoms with van der Waals surface area (Å²) < 4.78 is 27.5. The zero-order valence-corrected chi connectivity index (χ0v) is 17.1. The van der Waals surface area contributed by atoms with Crippen LogP contribution in [0.4, 0.5) is 11.4 Å². The zero-order valence-electron chi connectivity index (χ0n) is 16.3. The number of nitrogens with one attached hydrogen (secondary N) is 2. The Hall–Kier alpha value is -3.13. The second-order valence-corrected chi connectivity index (χ2v) is 9.51. The lowest BCUT2D eigenvalue weighted by atomic mass is 9.82. The van der Waals surface area contributed by atoms with Crippen LogP contribution < -0.4 is 10.0 Å². The molecule has 2 aromatic carbocycles. The minimum Gasteiger partial charge on any atom is -0.481 e. The lowest BCUT2D eigenvalue weighted by molar-refractivity contribution is -0.146. The number of benzene rings is 2. The number of aryl methyl sites for hydroxylation is 1. The van der Waals surface area contributed by atoms with Crippen molar-refractivity contribution in [3.05, 3.63) is 66.2 Å². The Morgan fingerprint density at radius 2 is 1.47 bits per heavy atom. The van der Waals surface area contributed by atoms with Crippen molar-refractivity contribution in [2.24, 2.45) is 23.7 Å². The van der Waals surface area contributed by atoms with E-state index in [-0.39, 0.29) is 22.6 Å². The van der Waals surface area contributed by atoms with Crippen LogP contribution in [-0.4, -0.2) is 25.4 Å². The molecule has 0 aromatic heterocycles. The molecular weight excluding hydrogens is 404 g/mol. The fourth-order valence-electron chi connectivity index (χ4n) is 4.30. The van der Waals surface area contributed by atoms with Gasteiger partial charge in [0.2, 0.25) is 5.91 Å². The molecule has 3 N–H and O–H groups in total. The average molecular weight is 426 g/mol. The summed E-state index contributed by atoms with van der Waals surface area (Å²) in [6.45, 7) is 1.88. The van der Waals surface area contributed by atoms with E-state index in [4.69, 9.17) is 0 Å².